The van der Waals surface area contributed by atoms with E-state index in [9.17, 15) is 18.0 Å². The van der Waals surface area contributed by atoms with Crippen LogP contribution >= 0.6 is 0 Å². The summed E-state index contributed by atoms with van der Waals surface area (Å²) in [4.78, 5) is 12.6. The highest BCUT2D eigenvalue weighted by molar-refractivity contribution is 5.89. The molecule has 0 aliphatic heterocycles. The Morgan fingerprint density at radius 2 is 1.45 bits per heavy atom. The topological polar surface area (TPSA) is 59.6 Å². The molecule has 0 bridgehead atoms. The number of halogens is 3. The number of alkyl halides is 3. The molecule has 5 nitrogen and oxygen atoms in total. The fourth-order valence-electron chi connectivity index (χ4n) is 2.97. The maximum atomic E-state index is 12.6. The van der Waals surface area contributed by atoms with Crippen LogP contribution < -0.4 is 20.1 Å². The van der Waals surface area contributed by atoms with Crippen LogP contribution in [0.5, 0.6) is 11.5 Å². The Balaban J connectivity index is 1.73. The van der Waals surface area contributed by atoms with E-state index in [1.807, 2.05) is 61.5 Å². The van der Waals surface area contributed by atoms with Crippen molar-refractivity contribution in [3.8, 4) is 11.5 Å². The average molecular weight is 430 g/mol. The van der Waals surface area contributed by atoms with Gasteiger partial charge in [0.05, 0.1) is 12.6 Å². The lowest BCUT2D eigenvalue weighted by atomic mass is 9.99. The SMILES string of the molecule is CCOc1ccc(C(NC(=O)Nc2ccc(OC(F)(F)F)cc2)c2ccccc2)cc1. The third kappa shape index (κ3) is 6.67. The smallest absolute Gasteiger partial charge is 0.494 e. The lowest BCUT2D eigenvalue weighted by Gasteiger charge is -2.20. The van der Waals surface area contributed by atoms with Gasteiger partial charge in [0.15, 0.2) is 0 Å². The van der Waals surface area contributed by atoms with Crippen LogP contribution in [0.25, 0.3) is 0 Å². The zero-order valence-corrected chi connectivity index (χ0v) is 16.6. The van der Waals surface area contributed by atoms with Gasteiger partial charge in [0.2, 0.25) is 0 Å². The van der Waals surface area contributed by atoms with Gasteiger partial charge in [0.25, 0.3) is 0 Å². The standard InChI is InChI=1S/C23H21F3N2O3/c1-2-30-19-12-8-17(9-13-19)21(16-6-4-3-5-7-16)28-22(29)27-18-10-14-20(15-11-18)31-23(24,25)26/h3-15,21H,2H2,1H3,(H2,27,28,29). The summed E-state index contributed by atoms with van der Waals surface area (Å²) < 4.78 is 46.1. The number of ether oxygens (including phenoxy) is 2. The number of hydrogen-bond acceptors (Lipinski definition) is 3. The molecule has 1 atom stereocenters. The molecule has 0 fully saturated rings. The predicted octanol–water partition coefficient (Wildman–Crippen LogP) is 5.90. The first-order chi connectivity index (χ1) is 14.8. The molecule has 162 valence electrons. The Hall–Kier alpha value is -3.68. The van der Waals surface area contributed by atoms with Gasteiger partial charge in [-0.3, -0.25) is 0 Å². The van der Waals surface area contributed by atoms with Crippen molar-refractivity contribution in [3.05, 3.63) is 90.0 Å². The van der Waals surface area contributed by atoms with Crippen molar-refractivity contribution >= 4 is 11.7 Å². The number of carbonyl (C=O) groups is 1. The van der Waals surface area contributed by atoms with E-state index in [0.29, 0.717) is 12.3 Å². The Bertz CT molecular complexity index is 976. The van der Waals surface area contributed by atoms with E-state index in [2.05, 4.69) is 15.4 Å². The van der Waals surface area contributed by atoms with Gasteiger partial charge < -0.3 is 20.1 Å². The van der Waals surface area contributed by atoms with E-state index in [4.69, 9.17) is 4.74 Å². The van der Waals surface area contributed by atoms with Crippen molar-refractivity contribution < 1.29 is 27.4 Å². The van der Waals surface area contributed by atoms with Gasteiger partial charge in [0.1, 0.15) is 11.5 Å². The van der Waals surface area contributed by atoms with Crippen LogP contribution in [0, 0.1) is 0 Å². The van der Waals surface area contributed by atoms with Crippen LogP contribution in [0.2, 0.25) is 0 Å². The first-order valence-electron chi connectivity index (χ1n) is 9.55. The number of nitrogens with one attached hydrogen (secondary N) is 2. The van der Waals surface area contributed by atoms with Crippen molar-refractivity contribution in [1.82, 2.24) is 5.32 Å². The second-order valence-corrected chi connectivity index (χ2v) is 6.52. The van der Waals surface area contributed by atoms with Crippen LogP contribution in [0.1, 0.15) is 24.1 Å². The summed E-state index contributed by atoms with van der Waals surface area (Å²) in [6, 6.07) is 20.8. The molecule has 0 saturated carbocycles. The highest BCUT2D eigenvalue weighted by Gasteiger charge is 2.31. The molecule has 0 heterocycles. The number of carbonyl (C=O) groups excluding carboxylic acids is 1. The lowest BCUT2D eigenvalue weighted by Crippen LogP contribution is -2.33. The van der Waals surface area contributed by atoms with Crippen molar-refractivity contribution in [2.45, 2.75) is 19.3 Å². The third-order valence-electron chi connectivity index (χ3n) is 4.28. The van der Waals surface area contributed by atoms with Gasteiger partial charge in [-0.25, -0.2) is 4.79 Å². The van der Waals surface area contributed by atoms with E-state index in [-0.39, 0.29) is 5.75 Å². The van der Waals surface area contributed by atoms with Crippen molar-refractivity contribution in [2.75, 3.05) is 11.9 Å². The molecule has 0 aliphatic carbocycles. The second kappa shape index (κ2) is 9.88. The summed E-state index contributed by atoms with van der Waals surface area (Å²) >= 11 is 0. The summed E-state index contributed by atoms with van der Waals surface area (Å²) in [7, 11) is 0. The highest BCUT2D eigenvalue weighted by atomic mass is 19.4. The number of rotatable bonds is 7. The summed E-state index contributed by atoms with van der Waals surface area (Å²) in [5.41, 5.74) is 2.04. The molecule has 0 aromatic heterocycles. The molecule has 2 amide bonds. The van der Waals surface area contributed by atoms with E-state index in [0.717, 1.165) is 29.0 Å². The molecule has 0 radical (unpaired) electrons. The van der Waals surface area contributed by atoms with Gasteiger partial charge in [-0.2, -0.15) is 0 Å². The largest absolute Gasteiger partial charge is 0.573 e. The van der Waals surface area contributed by atoms with E-state index in [1.165, 1.54) is 12.1 Å². The average Bonchev–Trinajstić information content (AvgIpc) is 2.74. The first kappa shape index (κ1) is 22.0. The van der Waals surface area contributed by atoms with Crippen molar-refractivity contribution in [2.24, 2.45) is 0 Å². The Morgan fingerprint density at radius 3 is 2.03 bits per heavy atom. The molecule has 1 unspecified atom stereocenters. The van der Waals surface area contributed by atoms with Crippen molar-refractivity contribution in [3.63, 3.8) is 0 Å². The molecule has 0 spiro atoms. The van der Waals surface area contributed by atoms with E-state index in [1.54, 1.807) is 0 Å². The van der Waals surface area contributed by atoms with Crippen LogP contribution in [-0.4, -0.2) is 19.0 Å². The van der Waals surface area contributed by atoms with Crippen LogP contribution in [0.15, 0.2) is 78.9 Å². The number of urea groups is 1. The predicted molar refractivity (Wildman–Crippen MR) is 111 cm³/mol. The van der Waals surface area contributed by atoms with Gasteiger partial charge >= 0.3 is 12.4 Å². The summed E-state index contributed by atoms with van der Waals surface area (Å²) in [5, 5.41) is 5.52. The molecule has 3 aromatic carbocycles. The fourth-order valence-corrected chi connectivity index (χ4v) is 2.97. The minimum absolute atomic E-state index is 0.325. The van der Waals surface area contributed by atoms with Crippen LogP contribution in [0.4, 0.5) is 23.7 Å². The second-order valence-electron chi connectivity index (χ2n) is 6.52. The Labute approximate surface area is 177 Å². The van der Waals surface area contributed by atoms with Crippen LogP contribution in [0.3, 0.4) is 0 Å². The summed E-state index contributed by atoms with van der Waals surface area (Å²) in [6.07, 6.45) is -4.77. The number of hydrogen-bond donors (Lipinski definition) is 2. The fraction of sp³-hybridized carbons (Fsp3) is 0.174. The highest BCUT2D eigenvalue weighted by Crippen LogP contribution is 2.26. The van der Waals surface area contributed by atoms with Gasteiger partial charge in [-0.15, -0.1) is 13.2 Å². The van der Waals surface area contributed by atoms with Crippen molar-refractivity contribution in [1.29, 1.82) is 0 Å². The molecule has 3 rings (SSSR count). The van der Waals surface area contributed by atoms with E-state index < -0.39 is 18.4 Å². The molecule has 2 N–H and O–H groups in total. The lowest BCUT2D eigenvalue weighted by molar-refractivity contribution is -0.274. The maximum absolute atomic E-state index is 12.6. The minimum atomic E-state index is -4.77. The maximum Gasteiger partial charge on any atom is 0.573 e. The molecule has 3 aromatic rings. The quantitative estimate of drug-likeness (QED) is 0.491. The minimum Gasteiger partial charge on any atom is -0.494 e. The monoisotopic (exact) mass is 430 g/mol. The number of benzene rings is 3. The zero-order chi connectivity index (χ0) is 22.3. The Kier molecular flexibility index (Phi) is 7.02. The zero-order valence-electron chi connectivity index (χ0n) is 16.6. The third-order valence-corrected chi connectivity index (χ3v) is 4.28. The molecule has 0 saturated heterocycles. The molecular weight excluding hydrogens is 409 g/mol. The molecule has 0 aliphatic rings. The molecule has 8 heteroatoms. The first-order valence-corrected chi connectivity index (χ1v) is 9.55. The number of amides is 2. The Morgan fingerprint density at radius 1 is 0.871 bits per heavy atom. The summed E-state index contributed by atoms with van der Waals surface area (Å²) in [6.45, 7) is 2.45. The molecule has 31 heavy (non-hydrogen) atoms. The summed E-state index contributed by atoms with van der Waals surface area (Å²) in [5.74, 6) is 0.360. The van der Waals surface area contributed by atoms with Crippen LogP contribution in [-0.2, 0) is 0 Å². The van der Waals surface area contributed by atoms with Gasteiger partial charge in [-0.1, -0.05) is 42.5 Å². The van der Waals surface area contributed by atoms with Gasteiger partial charge in [0, 0.05) is 5.69 Å². The van der Waals surface area contributed by atoms with E-state index >= 15 is 0 Å². The normalized spacial score (nSPS) is 12.0. The number of anilines is 1. The molecular formula is C23H21F3N2O3. The van der Waals surface area contributed by atoms with Gasteiger partial charge in [-0.05, 0) is 54.4 Å².